The summed E-state index contributed by atoms with van der Waals surface area (Å²) >= 11 is 0. The summed E-state index contributed by atoms with van der Waals surface area (Å²) in [5.74, 6) is 0.274. The van der Waals surface area contributed by atoms with Gasteiger partial charge in [-0.2, -0.15) is 0 Å². The molecule has 0 bridgehead atoms. The van der Waals surface area contributed by atoms with Gasteiger partial charge >= 0.3 is 11.8 Å². The molecular formula is C21H23N5O5. The van der Waals surface area contributed by atoms with Crippen LogP contribution in [0.15, 0.2) is 58.0 Å². The Balaban J connectivity index is 1.15. The summed E-state index contributed by atoms with van der Waals surface area (Å²) in [6, 6.07) is 13.1. The maximum absolute atomic E-state index is 12.2. The summed E-state index contributed by atoms with van der Waals surface area (Å²) in [6.45, 7) is 4.30. The van der Waals surface area contributed by atoms with Crippen LogP contribution in [0.4, 0.5) is 4.79 Å². The number of carbonyl (C=O) groups is 1. The summed E-state index contributed by atoms with van der Waals surface area (Å²) in [7, 11) is 0. The van der Waals surface area contributed by atoms with E-state index in [2.05, 4.69) is 24.5 Å². The largest absolute Gasteiger partial charge is 0.491 e. The standard InChI is InChI=1S/C21H23N5O5/c27-20-23-19(24-31-20)18-7-6-17(14-22-18)29-13-12-25-8-10-26(11-9-25)21(28)30-15-16-4-2-1-3-5-16/h1-7,14H,8-13,15H2,(H,23,24,27). The minimum atomic E-state index is -0.623. The van der Waals surface area contributed by atoms with E-state index in [-0.39, 0.29) is 18.5 Å². The van der Waals surface area contributed by atoms with Crippen LogP contribution >= 0.6 is 0 Å². The van der Waals surface area contributed by atoms with Gasteiger partial charge in [-0.15, -0.1) is 0 Å². The molecule has 4 rings (SSSR count). The van der Waals surface area contributed by atoms with Crippen LogP contribution in [0.25, 0.3) is 11.5 Å². The minimum Gasteiger partial charge on any atom is -0.491 e. The van der Waals surface area contributed by atoms with Gasteiger partial charge in [-0.05, 0) is 17.7 Å². The number of nitrogens with zero attached hydrogens (tertiary/aromatic N) is 4. The molecule has 31 heavy (non-hydrogen) atoms. The van der Waals surface area contributed by atoms with Crippen LogP contribution in [-0.4, -0.2) is 70.3 Å². The topological polar surface area (TPSA) is 114 Å². The highest BCUT2D eigenvalue weighted by Gasteiger charge is 2.22. The van der Waals surface area contributed by atoms with Crippen LogP contribution in [0.5, 0.6) is 5.75 Å². The number of hydrogen-bond donors (Lipinski definition) is 1. The van der Waals surface area contributed by atoms with Crippen molar-refractivity contribution in [3.05, 3.63) is 64.8 Å². The zero-order valence-corrected chi connectivity index (χ0v) is 16.9. The van der Waals surface area contributed by atoms with E-state index in [1.807, 2.05) is 30.3 Å². The van der Waals surface area contributed by atoms with E-state index < -0.39 is 5.76 Å². The van der Waals surface area contributed by atoms with Gasteiger partial charge in [0.1, 0.15) is 24.7 Å². The van der Waals surface area contributed by atoms with Gasteiger partial charge in [-0.3, -0.25) is 14.4 Å². The minimum absolute atomic E-state index is 0.275. The lowest BCUT2D eigenvalue weighted by Gasteiger charge is -2.33. The number of hydrogen-bond acceptors (Lipinski definition) is 8. The van der Waals surface area contributed by atoms with Crippen LogP contribution in [-0.2, 0) is 11.3 Å². The van der Waals surface area contributed by atoms with Gasteiger partial charge in [0.15, 0.2) is 0 Å². The molecule has 1 aromatic carbocycles. The van der Waals surface area contributed by atoms with E-state index in [1.54, 1.807) is 23.2 Å². The number of pyridine rings is 1. The number of aromatic nitrogens is 3. The number of piperazine rings is 1. The van der Waals surface area contributed by atoms with Gasteiger partial charge in [-0.25, -0.2) is 14.6 Å². The molecule has 162 valence electrons. The molecule has 0 atom stereocenters. The molecule has 1 N–H and O–H groups in total. The van der Waals surface area contributed by atoms with E-state index in [0.717, 1.165) is 25.2 Å². The maximum atomic E-state index is 12.2. The van der Waals surface area contributed by atoms with Crippen LogP contribution in [0.3, 0.4) is 0 Å². The SMILES string of the molecule is O=C(OCc1ccccc1)N1CCN(CCOc2ccc(-c3noc(=O)[nH]3)nc2)CC1. The first-order valence-corrected chi connectivity index (χ1v) is 10.0. The molecule has 0 unspecified atom stereocenters. The molecule has 1 fully saturated rings. The van der Waals surface area contributed by atoms with Crippen LogP contribution in [0.1, 0.15) is 5.56 Å². The highest BCUT2D eigenvalue weighted by molar-refractivity contribution is 5.67. The number of amides is 1. The lowest BCUT2D eigenvalue weighted by Crippen LogP contribution is -2.49. The molecule has 0 saturated carbocycles. The summed E-state index contributed by atoms with van der Waals surface area (Å²) in [6.07, 6.45) is 1.29. The molecule has 2 aromatic heterocycles. The van der Waals surface area contributed by atoms with Crippen LogP contribution in [0.2, 0.25) is 0 Å². The third-order valence-electron chi connectivity index (χ3n) is 4.93. The second-order valence-electron chi connectivity index (χ2n) is 7.04. The van der Waals surface area contributed by atoms with Gasteiger partial charge < -0.3 is 14.4 Å². The molecular weight excluding hydrogens is 402 g/mol. The Bertz CT molecular complexity index is 1030. The van der Waals surface area contributed by atoms with Gasteiger partial charge in [0.25, 0.3) is 0 Å². The smallest absolute Gasteiger partial charge is 0.439 e. The Kier molecular flexibility index (Phi) is 6.58. The number of benzene rings is 1. The molecule has 0 radical (unpaired) electrons. The molecule has 0 aliphatic carbocycles. The first-order chi connectivity index (χ1) is 15.2. The average molecular weight is 425 g/mol. The molecule has 3 heterocycles. The molecule has 1 aliphatic rings. The van der Waals surface area contributed by atoms with Crippen LogP contribution < -0.4 is 10.5 Å². The predicted molar refractivity (Wildman–Crippen MR) is 110 cm³/mol. The highest BCUT2D eigenvalue weighted by Crippen LogP contribution is 2.15. The Morgan fingerprint density at radius 1 is 1.10 bits per heavy atom. The third kappa shape index (κ3) is 5.70. The Hall–Kier alpha value is -3.66. The Labute approximate surface area is 178 Å². The fraction of sp³-hybridized carbons (Fsp3) is 0.333. The summed E-state index contributed by atoms with van der Waals surface area (Å²) in [4.78, 5) is 33.9. The molecule has 10 nitrogen and oxygen atoms in total. The van der Waals surface area contributed by atoms with E-state index >= 15 is 0 Å². The zero-order valence-electron chi connectivity index (χ0n) is 16.9. The number of H-pyrrole nitrogens is 1. The highest BCUT2D eigenvalue weighted by atomic mass is 16.6. The molecule has 0 spiro atoms. The second kappa shape index (κ2) is 9.90. The van der Waals surface area contributed by atoms with Crippen molar-refractivity contribution in [3.8, 4) is 17.3 Å². The van der Waals surface area contributed by atoms with Crippen LogP contribution in [0, 0.1) is 0 Å². The summed E-state index contributed by atoms with van der Waals surface area (Å²) in [5, 5.41) is 3.59. The van der Waals surface area contributed by atoms with E-state index in [1.165, 1.54) is 0 Å². The fourth-order valence-electron chi connectivity index (χ4n) is 3.20. The van der Waals surface area contributed by atoms with E-state index in [4.69, 9.17) is 9.47 Å². The van der Waals surface area contributed by atoms with E-state index in [0.29, 0.717) is 31.1 Å². The van der Waals surface area contributed by atoms with Gasteiger partial charge in [0.2, 0.25) is 5.82 Å². The monoisotopic (exact) mass is 425 g/mol. The van der Waals surface area contributed by atoms with Crippen molar-refractivity contribution < 1.29 is 18.8 Å². The quantitative estimate of drug-likeness (QED) is 0.609. The first kappa shape index (κ1) is 20.6. The normalized spacial score (nSPS) is 14.4. The number of nitrogens with one attached hydrogen (secondary N) is 1. The van der Waals surface area contributed by atoms with Gasteiger partial charge in [-0.1, -0.05) is 35.5 Å². The van der Waals surface area contributed by atoms with Crippen molar-refractivity contribution in [1.82, 2.24) is 24.9 Å². The van der Waals surface area contributed by atoms with Crippen molar-refractivity contribution >= 4 is 6.09 Å². The number of aromatic amines is 1. The lowest BCUT2D eigenvalue weighted by molar-refractivity contribution is 0.0684. The number of rotatable bonds is 7. The third-order valence-corrected chi connectivity index (χ3v) is 4.93. The molecule has 10 heteroatoms. The Morgan fingerprint density at radius 2 is 1.90 bits per heavy atom. The lowest BCUT2D eigenvalue weighted by atomic mass is 10.2. The molecule has 1 amide bonds. The predicted octanol–water partition coefficient (Wildman–Crippen LogP) is 1.76. The van der Waals surface area contributed by atoms with Crippen molar-refractivity contribution in [2.75, 3.05) is 39.3 Å². The molecule has 1 saturated heterocycles. The summed E-state index contributed by atoms with van der Waals surface area (Å²) < 4.78 is 15.6. The van der Waals surface area contributed by atoms with Crippen molar-refractivity contribution in [1.29, 1.82) is 0 Å². The second-order valence-corrected chi connectivity index (χ2v) is 7.04. The molecule has 3 aromatic rings. The van der Waals surface area contributed by atoms with Gasteiger partial charge in [0, 0.05) is 32.7 Å². The van der Waals surface area contributed by atoms with Crippen molar-refractivity contribution in [3.63, 3.8) is 0 Å². The van der Waals surface area contributed by atoms with Crippen molar-refractivity contribution in [2.45, 2.75) is 6.61 Å². The maximum Gasteiger partial charge on any atom is 0.439 e. The average Bonchev–Trinajstić information content (AvgIpc) is 3.25. The van der Waals surface area contributed by atoms with Gasteiger partial charge in [0.05, 0.1) is 6.20 Å². The Morgan fingerprint density at radius 3 is 2.58 bits per heavy atom. The number of ether oxygens (including phenoxy) is 2. The fourth-order valence-corrected chi connectivity index (χ4v) is 3.20. The number of carbonyl (C=O) groups excluding carboxylic acids is 1. The zero-order chi connectivity index (χ0) is 21.5. The first-order valence-electron chi connectivity index (χ1n) is 10.0. The van der Waals surface area contributed by atoms with E-state index in [9.17, 15) is 9.59 Å². The van der Waals surface area contributed by atoms with Crippen molar-refractivity contribution in [2.24, 2.45) is 0 Å². The summed E-state index contributed by atoms with van der Waals surface area (Å²) in [5.41, 5.74) is 1.47. The molecule has 1 aliphatic heterocycles.